The molecule has 15 heavy (non-hydrogen) atoms. The summed E-state index contributed by atoms with van der Waals surface area (Å²) in [5.41, 5.74) is 1.90. The highest BCUT2D eigenvalue weighted by Crippen LogP contribution is 2.29. The predicted octanol–water partition coefficient (Wildman–Crippen LogP) is 1.93. The van der Waals surface area contributed by atoms with E-state index in [0.717, 1.165) is 29.8 Å². The number of carbonyl (C=O) groups excluding carboxylic acids is 1. The number of fused-ring (bicyclic) bond motifs is 1. The minimum absolute atomic E-state index is 0.0253. The van der Waals surface area contributed by atoms with E-state index < -0.39 is 0 Å². The molecule has 1 aromatic rings. The topological polar surface area (TPSA) is 38.3 Å². The Morgan fingerprint density at radius 1 is 1.53 bits per heavy atom. The largest absolute Gasteiger partial charge is 0.497 e. The Hall–Kier alpha value is -1.51. The molecule has 1 amide bonds. The van der Waals surface area contributed by atoms with Crippen molar-refractivity contribution in [3.63, 3.8) is 0 Å². The van der Waals surface area contributed by atoms with Gasteiger partial charge in [-0.1, -0.05) is 6.92 Å². The van der Waals surface area contributed by atoms with Gasteiger partial charge in [0.05, 0.1) is 7.11 Å². The molecule has 0 radical (unpaired) electrons. The van der Waals surface area contributed by atoms with Crippen LogP contribution in [0.4, 0.5) is 0 Å². The molecule has 1 heterocycles. The molecule has 1 N–H and O–H groups in total. The van der Waals surface area contributed by atoms with Crippen molar-refractivity contribution in [1.82, 2.24) is 5.32 Å². The maximum atomic E-state index is 11.6. The van der Waals surface area contributed by atoms with E-state index in [9.17, 15) is 4.79 Å². The van der Waals surface area contributed by atoms with Crippen LogP contribution in [0.5, 0.6) is 5.75 Å². The molecular weight excluding hydrogens is 190 g/mol. The molecule has 1 aliphatic heterocycles. The van der Waals surface area contributed by atoms with Gasteiger partial charge < -0.3 is 10.1 Å². The van der Waals surface area contributed by atoms with E-state index in [1.807, 2.05) is 18.2 Å². The first-order chi connectivity index (χ1) is 7.26. The van der Waals surface area contributed by atoms with E-state index in [2.05, 4.69) is 12.2 Å². The van der Waals surface area contributed by atoms with Crippen LogP contribution in [0, 0.1) is 0 Å². The molecule has 1 aliphatic rings. The molecule has 1 aromatic carbocycles. The standard InChI is InChI=1S/C12H15NO2/c1-3-8-7-13-12(14)10-5-4-9(15-2)6-11(8)10/h4-6,8H,3,7H2,1-2H3,(H,13,14). The van der Waals surface area contributed by atoms with Gasteiger partial charge in [-0.05, 0) is 30.2 Å². The Morgan fingerprint density at radius 3 is 3.00 bits per heavy atom. The molecule has 80 valence electrons. The van der Waals surface area contributed by atoms with E-state index in [1.165, 1.54) is 0 Å². The first-order valence-electron chi connectivity index (χ1n) is 5.22. The number of nitrogens with one attached hydrogen (secondary N) is 1. The Labute approximate surface area is 89.4 Å². The van der Waals surface area contributed by atoms with E-state index in [-0.39, 0.29) is 5.91 Å². The van der Waals surface area contributed by atoms with E-state index >= 15 is 0 Å². The van der Waals surface area contributed by atoms with Gasteiger partial charge in [-0.2, -0.15) is 0 Å². The van der Waals surface area contributed by atoms with Crippen LogP contribution in [-0.2, 0) is 0 Å². The number of ether oxygens (including phenoxy) is 1. The van der Waals surface area contributed by atoms with Crippen molar-refractivity contribution in [1.29, 1.82) is 0 Å². The van der Waals surface area contributed by atoms with Gasteiger partial charge in [-0.3, -0.25) is 4.79 Å². The van der Waals surface area contributed by atoms with Crippen molar-refractivity contribution in [2.24, 2.45) is 0 Å². The van der Waals surface area contributed by atoms with Gasteiger partial charge in [-0.15, -0.1) is 0 Å². The van der Waals surface area contributed by atoms with Gasteiger partial charge in [0.15, 0.2) is 0 Å². The SMILES string of the molecule is CCC1CNC(=O)c2ccc(OC)cc21. The molecular formula is C12H15NO2. The van der Waals surface area contributed by atoms with Crippen LogP contribution < -0.4 is 10.1 Å². The van der Waals surface area contributed by atoms with Crippen molar-refractivity contribution < 1.29 is 9.53 Å². The third-order valence-corrected chi connectivity index (χ3v) is 2.95. The van der Waals surface area contributed by atoms with Crippen LogP contribution in [0.1, 0.15) is 35.2 Å². The van der Waals surface area contributed by atoms with Crippen molar-refractivity contribution in [2.45, 2.75) is 19.3 Å². The minimum atomic E-state index is 0.0253. The van der Waals surface area contributed by atoms with Gasteiger partial charge in [0.25, 0.3) is 5.91 Å². The quantitative estimate of drug-likeness (QED) is 0.801. The van der Waals surface area contributed by atoms with Crippen molar-refractivity contribution in [3.8, 4) is 5.75 Å². The summed E-state index contributed by atoms with van der Waals surface area (Å²) < 4.78 is 5.18. The van der Waals surface area contributed by atoms with Crippen LogP contribution in [0.3, 0.4) is 0 Å². The summed E-state index contributed by atoms with van der Waals surface area (Å²) in [6, 6.07) is 5.64. The molecule has 1 unspecified atom stereocenters. The van der Waals surface area contributed by atoms with E-state index in [1.54, 1.807) is 7.11 Å². The molecule has 2 rings (SSSR count). The second-order valence-electron chi connectivity index (χ2n) is 3.77. The fourth-order valence-electron chi connectivity index (χ4n) is 2.00. The van der Waals surface area contributed by atoms with Crippen LogP contribution in [0.2, 0.25) is 0 Å². The normalized spacial score (nSPS) is 19.3. The molecule has 3 nitrogen and oxygen atoms in total. The monoisotopic (exact) mass is 205 g/mol. The first kappa shape index (κ1) is 10.0. The minimum Gasteiger partial charge on any atom is -0.497 e. The summed E-state index contributed by atoms with van der Waals surface area (Å²) in [5.74, 6) is 1.26. The van der Waals surface area contributed by atoms with Gasteiger partial charge in [0.1, 0.15) is 5.75 Å². The number of carbonyl (C=O) groups is 1. The van der Waals surface area contributed by atoms with Gasteiger partial charge in [-0.25, -0.2) is 0 Å². The van der Waals surface area contributed by atoms with Crippen molar-refractivity contribution in [2.75, 3.05) is 13.7 Å². The average molecular weight is 205 g/mol. The lowest BCUT2D eigenvalue weighted by Gasteiger charge is -2.25. The summed E-state index contributed by atoms with van der Waals surface area (Å²) in [6.07, 6.45) is 1.03. The molecule has 0 aliphatic carbocycles. The van der Waals surface area contributed by atoms with E-state index in [0.29, 0.717) is 5.92 Å². The molecule has 3 heteroatoms. The van der Waals surface area contributed by atoms with Gasteiger partial charge in [0, 0.05) is 18.0 Å². The number of methoxy groups -OCH3 is 1. The lowest BCUT2D eigenvalue weighted by atomic mass is 9.88. The third kappa shape index (κ3) is 1.69. The first-order valence-corrected chi connectivity index (χ1v) is 5.22. The van der Waals surface area contributed by atoms with Crippen molar-refractivity contribution >= 4 is 5.91 Å². The summed E-state index contributed by atoms with van der Waals surface area (Å²) in [5, 5.41) is 2.90. The zero-order valence-corrected chi connectivity index (χ0v) is 9.04. The fraction of sp³-hybridized carbons (Fsp3) is 0.417. The lowest BCUT2D eigenvalue weighted by molar-refractivity contribution is 0.0939. The Morgan fingerprint density at radius 2 is 2.33 bits per heavy atom. The summed E-state index contributed by atoms with van der Waals surface area (Å²) in [7, 11) is 1.64. The molecule has 0 fully saturated rings. The number of rotatable bonds is 2. The summed E-state index contributed by atoms with van der Waals surface area (Å²) in [4.78, 5) is 11.6. The third-order valence-electron chi connectivity index (χ3n) is 2.95. The second-order valence-corrected chi connectivity index (χ2v) is 3.77. The van der Waals surface area contributed by atoms with Crippen LogP contribution in [0.15, 0.2) is 18.2 Å². The second kappa shape index (κ2) is 3.93. The fourth-order valence-corrected chi connectivity index (χ4v) is 2.00. The van der Waals surface area contributed by atoms with Crippen molar-refractivity contribution in [3.05, 3.63) is 29.3 Å². The number of hydrogen-bond acceptors (Lipinski definition) is 2. The Balaban J connectivity index is 2.48. The smallest absolute Gasteiger partial charge is 0.251 e. The highest BCUT2D eigenvalue weighted by Gasteiger charge is 2.24. The van der Waals surface area contributed by atoms with Crippen LogP contribution in [-0.4, -0.2) is 19.6 Å². The molecule has 0 saturated heterocycles. The molecule has 1 atom stereocenters. The van der Waals surface area contributed by atoms with Gasteiger partial charge >= 0.3 is 0 Å². The maximum absolute atomic E-state index is 11.6. The highest BCUT2D eigenvalue weighted by molar-refractivity contribution is 5.97. The van der Waals surface area contributed by atoms with Crippen LogP contribution >= 0.6 is 0 Å². The number of benzene rings is 1. The molecule has 0 bridgehead atoms. The molecule has 0 spiro atoms. The van der Waals surface area contributed by atoms with E-state index in [4.69, 9.17) is 4.74 Å². The molecule has 0 aromatic heterocycles. The summed E-state index contributed by atoms with van der Waals surface area (Å²) >= 11 is 0. The zero-order chi connectivity index (χ0) is 10.8. The summed E-state index contributed by atoms with van der Waals surface area (Å²) in [6.45, 7) is 2.86. The molecule has 0 saturated carbocycles. The Bertz CT molecular complexity index is 387. The maximum Gasteiger partial charge on any atom is 0.251 e. The highest BCUT2D eigenvalue weighted by atomic mass is 16.5. The van der Waals surface area contributed by atoms with Gasteiger partial charge in [0.2, 0.25) is 0 Å². The Kier molecular flexibility index (Phi) is 2.62. The lowest BCUT2D eigenvalue weighted by Crippen LogP contribution is -2.34. The number of hydrogen-bond donors (Lipinski definition) is 1. The number of amides is 1. The van der Waals surface area contributed by atoms with Crippen LogP contribution in [0.25, 0.3) is 0 Å². The predicted molar refractivity (Wildman–Crippen MR) is 58.4 cm³/mol. The zero-order valence-electron chi connectivity index (χ0n) is 9.04. The average Bonchev–Trinajstić information content (AvgIpc) is 2.29.